The van der Waals surface area contributed by atoms with Gasteiger partial charge in [0, 0.05) is 22.8 Å². The molecular formula is C9H9BrF2N2O2. The predicted octanol–water partition coefficient (Wildman–Crippen LogP) is 1.87. The molecule has 1 aromatic rings. The van der Waals surface area contributed by atoms with Crippen LogP contribution in [0.25, 0.3) is 0 Å². The summed E-state index contributed by atoms with van der Waals surface area (Å²) in [7, 11) is 0. The topological polar surface area (TPSA) is 76.2 Å². The van der Waals surface area contributed by atoms with Gasteiger partial charge in [-0.25, -0.2) is 8.78 Å². The number of carboxylic acids is 1. The van der Waals surface area contributed by atoms with E-state index in [1.807, 2.05) is 0 Å². The van der Waals surface area contributed by atoms with Gasteiger partial charge in [-0.1, -0.05) is 0 Å². The van der Waals surface area contributed by atoms with Crippen LogP contribution in [0, 0.1) is 0 Å². The average molecular weight is 295 g/mol. The summed E-state index contributed by atoms with van der Waals surface area (Å²) in [6.45, 7) is 0.0523. The summed E-state index contributed by atoms with van der Waals surface area (Å²) >= 11 is 3.05. The van der Waals surface area contributed by atoms with Crippen LogP contribution in [0.1, 0.15) is 23.2 Å². The normalized spacial score (nSPS) is 10.8. The van der Waals surface area contributed by atoms with Crippen LogP contribution in [-0.4, -0.2) is 16.1 Å². The molecule has 16 heavy (non-hydrogen) atoms. The molecule has 0 unspecified atom stereocenters. The van der Waals surface area contributed by atoms with Crippen molar-refractivity contribution in [2.24, 2.45) is 5.73 Å². The third-order valence-corrected chi connectivity index (χ3v) is 2.92. The lowest BCUT2D eigenvalue weighted by molar-refractivity contribution is -0.136. The third-order valence-electron chi connectivity index (χ3n) is 1.98. The van der Waals surface area contributed by atoms with Crippen LogP contribution < -0.4 is 5.73 Å². The van der Waals surface area contributed by atoms with Crippen LogP contribution in [0.3, 0.4) is 0 Å². The van der Waals surface area contributed by atoms with Crippen molar-refractivity contribution in [3.05, 3.63) is 27.5 Å². The number of carboxylic acid groups (broad SMARTS) is 1. The number of nitrogens with two attached hydrogens (primary N) is 1. The number of nitrogens with zero attached hydrogens (tertiary/aromatic N) is 1. The number of hydrogen-bond donors (Lipinski definition) is 2. The number of carbonyl (C=O) groups is 1. The standard InChI is InChI=1S/C9H9BrF2N2O2/c10-8-4(1-7(15)16)5(9(11)12)3-14-6(8)2-13/h3,9H,1-2,13H2,(H,15,16). The highest BCUT2D eigenvalue weighted by Crippen LogP contribution is 2.30. The van der Waals surface area contributed by atoms with Gasteiger partial charge in [-0.2, -0.15) is 0 Å². The van der Waals surface area contributed by atoms with Crippen LogP contribution in [0.2, 0.25) is 0 Å². The second-order valence-corrected chi connectivity index (χ2v) is 3.82. The summed E-state index contributed by atoms with van der Waals surface area (Å²) in [4.78, 5) is 14.3. The zero-order valence-corrected chi connectivity index (χ0v) is 9.67. The molecule has 0 saturated heterocycles. The molecule has 0 atom stereocenters. The molecule has 0 amide bonds. The lowest BCUT2D eigenvalue weighted by Gasteiger charge is -2.11. The maximum absolute atomic E-state index is 12.6. The molecule has 88 valence electrons. The molecule has 1 aromatic heterocycles. The van der Waals surface area contributed by atoms with E-state index in [2.05, 4.69) is 20.9 Å². The fourth-order valence-electron chi connectivity index (χ4n) is 1.24. The van der Waals surface area contributed by atoms with Gasteiger partial charge >= 0.3 is 5.97 Å². The number of pyridine rings is 1. The van der Waals surface area contributed by atoms with E-state index in [1.165, 1.54) is 0 Å². The van der Waals surface area contributed by atoms with Crippen LogP contribution >= 0.6 is 15.9 Å². The summed E-state index contributed by atoms with van der Waals surface area (Å²) in [6.07, 6.45) is -2.28. The van der Waals surface area contributed by atoms with E-state index in [1.54, 1.807) is 0 Å². The van der Waals surface area contributed by atoms with Gasteiger partial charge in [0.25, 0.3) is 6.43 Å². The Hall–Kier alpha value is -1.08. The molecule has 0 aliphatic carbocycles. The fraction of sp³-hybridized carbons (Fsp3) is 0.333. The Kier molecular flexibility index (Phi) is 4.31. The average Bonchev–Trinajstić information content (AvgIpc) is 2.19. The molecule has 0 bridgehead atoms. The third kappa shape index (κ3) is 2.73. The molecule has 1 rings (SSSR count). The van der Waals surface area contributed by atoms with Crippen LogP contribution in [-0.2, 0) is 17.8 Å². The van der Waals surface area contributed by atoms with Gasteiger partial charge in [0.05, 0.1) is 12.1 Å². The minimum atomic E-state index is -2.76. The Morgan fingerprint density at radius 3 is 2.69 bits per heavy atom. The maximum atomic E-state index is 12.6. The number of hydrogen-bond acceptors (Lipinski definition) is 3. The largest absolute Gasteiger partial charge is 0.481 e. The van der Waals surface area contributed by atoms with Crippen LogP contribution in [0.4, 0.5) is 8.78 Å². The molecule has 0 spiro atoms. The van der Waals surface area contributed by atoms with E-state index < -0.39 is 18.8 Å². The Morgan fingerprint density at radius 1 is 1.62 bits per heavy atom. The lowest BCUT2D eigenvalue weighted by atomic mass is 10.1. The Morgan fingerprint density at radius 2 is 2.25 bits per heavy atom. The Labute approximate surface area is 98.6 Å². The molecule has 0 fully saturated rings. The first kappa shape index (κ1) is 13.0. The van der Waals surface area contributed by atoms with Gasteiger partial charge in [0.1, 0.15) is 0 Å². The van der Waals surface area contributed by atoms with E-state index in [4.69, 9.17) is 10.8 Å². The molecule has 4 nitrogen and oxygen atoms in total. The van der Waals surface area contributed by atoms with Crippen molar-refractivity contribution in [3.8, 4) is 0 Å². The van der Waals surface area contributed by atoms with Crippen LogP contribution in [0.5, 0.6) is 0 Å². The second-order valence-electron chi connectivity index (χ2n) is 3.03. The predicted molar refractivity (Wildman–Crippen MR) is 56.1 cm³/mol. The van der Waals surface area contributed by atoms with Crippen molar-refractivity contribution in [2.45, 2.75) is 19.4 Å². The van der Waals surface area contributed by atoms with Gasteiger partial charge in [-0.3, -0.25) is 9.78 Å². The number of alkyl halides is 2. The first-order chi connectivity index (χ1) is 7.47. The van der Waals surface area contributed by atoms with Gasteiger partial charge in [-0.15, -0.1) is 0 Å². The maximum Gasteiger partial charge on any atom is 0.307 e. The molecule has 1 heterocycles. The smallest absolute Gasteiger partial charge is 0.307 e. The van der Waals surface area contributed by atoms with Crippen molar-refractivity contribution in [2.75, 3.05) is 0 Å². The number of halogens is 3. The van der Waals surface area contributed by atoms with Crippen molar-refractivity contribution in [1.82, 2.24) is 4.98 Å². The van der Waals surface area contributed by atoms with Gasteiger partial charge < -0.3 is 10.8 Å². The Balaban J connectivity index is 3.30. The molecule has 3 N–H and O–H groups in total. The molecule has 0 radical (unpaired) electrons. The van der Waals surface area contributed by atoms with Gasteiger partial charge in [0.15, 0.2) is 0 Å². The highest BCUT2D eigenvalue weighted by Gasteiger charge is 2.20. The van der Waals surface area contributed by atoms with Crippen molar-refractivity contribution in [3.63, 3.8) is 0 Å². The minimum Gasteiger partial charge on any atom is -0.481 e. The molecular weight excluding hydrogens is 286 g/mol. The van der Waals surface area contributed by atoms with E-state index in [-0.39, 0.29) is 22.1 Å². The van der Waals surface area contributed by atoms with Gasteiger partial charge in [0.2, 0.25) is 0 Å². The number of rotatable bonds is 4. The van der Waals surface area contributed by atoms with E-state index in [9.17, 15) is 13.6 Å². The summed E-state index contributed by atoms with van der Waals surface area (Å²) in [5, 5.41) is 8.64. The van der Waals surface area contributed by atoms with E-state index >= 15 is 0 Å². The molecule has 0 aliphatic heterocycles. The van der Waals surface area contributed by atoms with Crippen molar-refractivity contribution >= 4 is 21.9 Å². The Bertz CT molecular complexity index is 413. The fourth-order valence-corrected chi connectivity index (χ4v) is 1.88. The number of aromatic nitrogens is 1. The monoisotopic (exact) mass is 294 g/mol. The summed E-state index contributed by atoms with van der Waals surface area (Å²) < 4.78 is 25.5. The van der Waals surface area contributed by atoms with Crippen LogP contribution in [0.15, 0.2) is 10.7 Å². The highest BCUT2D eigenvalue weighted by molar-refractivity contribution is 9.10. The summed E-state index contributed by atoms with van der Waals surface area (Å²) in [6, 6.07) is 0. The molecule has 0 saturated carbocycles. The first-order valence-electron chi connectivity index (χ1n) is 4.33. The lowest BCUT2D eigenvalue weighted by Crippen LogP contribution is -2.10. The van der Waals surface area contributed by atoms with Crippen molar-refractivity contribution in [1.29, 1.82) is 0 Å². The number of aliphatic carboxylic acids is 1. The van der Waals surface area contributed by atoms with Gasteiger partial charge in [-0.05, 0) is 21.5 Å². The summed E-state index contributed by atoms with van der Waals surface area (Å²) in [5.41, 5.74) is 5.35. The first-order valence-corrected chi connectivity index (χ1v) is 5.12. The van der Waals surface area contributed by atoms with E-state index in [0.29, 0.717) is 5.69 Å². The molecule has 0 aliphatic rings. The minimum absolute atomic E-state index is 0.0259. The zero-order chi connectivity index (χ0) is 12.3. The summed E-state index contributed by atoms with van der Waals surface area (Å²) in [5.74, 6) is -1.18. The molecule has 0 aromatic carbocycles. The quantitative estimate of drug-likeness (QED) is 0.889. The van der Waals surface area contributed by atoms with Crippen molar-refractivity contribution < 1.29 is 18.7 Å². The SMILES string of the molecule is NCc1ncc(C(F)F)c(CC(=O)O)c1Br. The van der Waals surface area contributed by atoms with E-state index in [0.717, 1.165) is 6.20 Å². The zero-order valence-electron chi connectivity index (χ0n) is 8.08. The highest BCUT2D eigenvalue weighted by atomic mass is 79.9. The second kappa shape index (κ2) is 5.31. The molecule has 7 heteroatoms.